The molecule has 0 aliphatic rings. The molecule has 1 heteroatoms. The van der Waals surface area contributed by atoms with E-state index in [1.54, 1.807) is 0 Å². The van der Waals surface area contributed by atoms with Crippen LogP contribution in [0.5, 0.6) is 0 Å². The second-order valence-corrected chi connectivity index (χ2v) is 7.13. The summed E-state index contributed by atoms with van der Waals surface area (Å²) >= 11 is 0. The van der Waals surface area contributed by atoms with E-state index in [2.05, 4.69) is 69.3 Å². The van der Waals surface area contributed by atoms with Gasteiger partial charge in [0.2, 0.25) is 0 Å². The summed E-state index contributed by atoms with van der Waals surface area (Å²) in [6, 6.07) is 17.7. The van der Waals surface area contributed by atoms with Crippen molar-refractivity contribution in [1.29, 1.82) is 0 Å². The number of hydrogen-bond donors (Lipinski definition) is 1. The van der Waals surface area contributed by atoms with Crippen LogP contribution in [0.15, 0.2) is 48.5 Å². The van der Waals surface area contributed by atoms with Crippen LogP contribution in [0.3, 0.4) is 0 Å². The van der Waals surface area contributed by atoms with Gasteiger partial charge in [-0.05, 0) is 66.7 Å². The minimum atomic E-state index is 0.272. The molecule has 1 nitrogen and oxygen atoms in total. The third kappa shape index (κ3) is 5.49. The van der Waals surface area contributed by atoms with E-state index in [1.807, 2.05) is 0 Å². The van der Waals surface area contributed by atoms with Gasteiger partial charge in [-0.3, -0.25) is 0 Å². The van der Waals surface area contributed by atoms with Crippen molar-refractivity contribution in [3.8, 4) is 0 Å². The maximum absolute atomic E-state index is 9.00. The van der Waals surface area contributed by atoms with E-state index in [9.17, 15) is 0 Å². The summed E-state index contributed by atoms with van der Waals surface area (Å²) in [6.07, 6.45) is 5.35. The lowest BCUT2D eigenvalue weighted by molar-refractivity contribution is 0.288. The van der Waals surface area contributed by atoms with Crippen LogP contribution in [0.1, 0.15) is 48.9 Å². The molecule has 0 spiro atoms. The van der Waals surface area contributed by atoms with Crippen LogP contribution in [-0.4, -0.2) is 11.7 Å². The van der Waals surface area contributed by atoms with Gasteiger partial charge in [-0.1, -0.05) is 68.8 Å². The highest BCUT2D eigenvalue weighted by atomic mass is 16.2. The summed E-state index contributed by atoms with van der Waals surface area (Å²) in [7, 11) is 0. The van der Waals surface area contributed by atoms with Gasteiger partial charge < -0.3 is 5.11 Å². The van der Waals surface area contributed by atoms with Crippen LogP contribution < -0.4 is 0 Å². The highest BCUT2D eigenvalue weighted by Crippen LogP contribution is 2.26. The number of rotatable bonds is 9. The molecule has 0 fully saturated rings. The average Bonchev–Trinajstić information content (AvgIpc) is 2.61. The quantitative estimate of drug-likeness (QED) is 0.657. The second kappa shape index (κ2) is 9.64. The first-order chi connectivity index (χ1) is 11.6. The molecule has 2 aromatic rings. The van der Waals surface area contributed by atoms with Gasteiger partial charge in [-0.2, -0.15) is 0 Å². The van der Waals surface area contributed by atoms with Gasteiger partial charge in [0.25, 0.3) is 0 Å². The maximum Gasteiger partial charge on any atom is 0.0434 e. The van der Waals surface area contributed by atoms with Gasteiger partial charge in [-0.25, -0.2) is 0 Å². The summed E-state index contributed by atoms with van der Waals surface area (Å²) in [5.41, 5.74) is 5.66. The van der Waals surface area contributed by atoms with Crippen LogP contribution in [0.2, 0.25) is 0 Å². The number of aryl methyl sites for hydroxylation is 2. The fourth-order valence-corrected chi connectivity index (χ4v) is 3.43. The fourth-order valence-electron chi connectivity index (χ4n) is 3.43. The maximum atomic E-state index is 9.00. The summed E-state index contributed by atoms with van der Waals surface area (Å²) in [5.74, 6) is 1.40. The molecule has 2 atom stereocenters. The SMILES string of the molecule is CCC(C)C(Cc1ccccc1)Cc1ccc(CCCO)cc1C. The van der Waals surface area contributed by atoms with Crippen molar-refractivity contribution in [1.82, 2.24) is 0 Å². The van der Waals surface area contributed by atoms with Gasteiger partial charge in [0, 0.05) is 6.61 Å². The minimum Gasteiger partial charge on any atom is -0.396 e. The zero-order valence-electron chi connectivity index (χ0n) is 15.5. The summed E-state index contributed by atoms with van der Waals surface area (Å²) in [6.45, 7) is 7.19. The smallest absolute Gasteiger partial charge is 0.0434 e. The van der Waals surface area contributed by atoms with Crippen LogP contribution >= 0.6 is 0 Å². The largest absolute Gasteiger partial charge is 0.396 e. The third-order valence-corrected chi connectivity index (χ3v) is 5.30. The first-order valence-electron chi connectivity index (χ1n) is 9.37. The van der Waals surface area contributed by atoms with Gasteiger partial charge in [0.05, 0.1) is 0 Å². The van der Waals surface area contributed by atoms with E-state index in [4.69, 9.17) is 5.11 Å². The standard InChI is InChI=1S/C23H32O/c1-4-18(2)23(16-20-9-6-5-7-10-20)17-22-13-12-21(11-8-14-24)15-19(22)3/h5-7,9-10,12-13,15,18,23-24H,4,8,11,14,16-17H2,1-3H3. The van der Waals surface area contributed by atoms with E-state index in [-0.39, 0.29) is 6.61 Å². The Morgan fingerprint density at radius 3 is 2.33 bits per heavy atom. The first kappa shape index (κ1) is 18.7. The van der Waals surface area contributed by atoms with Crippen molar-refractivity contribution in [2.75, 3.05) is 6.61 Å². The summed E-state index contributed by atoms with van der Waals surface area (Å²) in [4.78, 5) is 0. The molecule has 0 saturated heterocycles. The number of aliphatic hydroxyl groups is 1. The molecular weight excluding hydrogens is 292 g/mol. The zero-order chi connectivity index (χ0) is 17.4. The molecule has 2 aromatic carbocycles. The Morgan fingerprint density at radius 2 is 1.71 bits per heavy atom. The fraction of sp³-hybridized carbons (Fsp3) is 0.478. The molecule has 130 valence electrons. The average molecular weight is 325 g/mol. The predicted octanol–water partition coefficient (Wildman–Crippen LogP) is 5.37. The van der Waals surface area contributed by atoms with Crippen molar-refractivity contribution >= 4 is 0 Å². The highest BCUT2D eigenvalue weighted by molar-refractivity contribution is 5.32. The Hall–Kier alpha value is -1.60. The first-order valence-corrected chi connectivity index (χ1v) is 9.37. The molecule has 0 aliphatic carbocycles. The van der Waals surface area contributed by atoms with Crippen LogP contribution in [-0.2, 0) is 19.3 Å². The lowest BCUT2D eigenvalue weighted by Crippen LogP contribution is -2.17. The molecule has 0 radical (unpaired) electrons. The molecular formula is C23H32O. The van der Waals surface area contributed by atoms with Crippen LogP contribution in [0, 0.1) is 18.8 Å². The van der Waals surface area contributed by atoms with Crippen LogP contribution in [0.4, 0.5) is 0 Å². The molecule has 1 N–H and O–H groups in total. The Morgan fingerprint density at radius 1 is 0.958 bits per heavy atom. The Kier molecular flexibility index (Phi) is 7.52. The summed E-state index contributed by atoms with van der Waals surface area (Å²) < 4.78 is 0. The normalized spacial score (nSPS) is 13.7. The molecule has 0 heterocycles. The van der Waals surface area contributed by atoms with Crippen molar-refractivity contribution < 1.29 is 5.11 Å². The van der Waals surface area contributed by atoms with E-state index in [0.29, 0.717) is 5.92 Å². The molecule has 0 aromatic heterocycles. The minimum absolute atomic E-state index is 0.272. The molecule has 24 heavy (non-hydrogen) atoms. The van der Waals surface area contributed by atoms with Gasteiger partial charge in [-0.15, -0.1) is 0 Å². The Labute approximate surface area is 147 Å². The molecule has 2 rings (SSSR count). The number of hydrogen-bond acceptors (Lipinski definition) is 1. The lowest BCUT2D eigenvalue weighted by atomic mass is 9.81. The molecule has 2 unspecified atom stereocenters. The topological polar surface area (TPSA) is 20.2 Å². The van der Waals surface area contributed by atoms with Crippen LogP contribution in [0.25, 0.3) is 0 Å². The number of aliphatic hydroxyl groups excluding tert-OH is 1. The highest BCUT2D eigenvalue weighted by Gasteiger charge is 2.18. The van der Waals surface area contributed by atoms with Crippen molar-refractivity contribution in [2.24, 2.45) is 11.8 Å². The molecule has 0 amide bonds. The summed E-state index contributed by atoms with van der Waals surface area (Å²) in [5, 5.41) is 9.00. The predicted molar refractivity (Wildman–Crippen MR) is 103 cm³/mol. The lowest BCUT2D eigenvalue weighted by Gasteiger charge is -2.24. The van der Waals surface area contributed by atoms with Gasteiger partial charge >= 0.3 is 0 Å². The second-order valence-electron chi connectivity index (χ2n) is 7.13. The zero-order valence-corrected chi connectivity index (χ0v) is 15.5. The monoisotopic (exact) mass is 324 g/mol. The Bertz CT molecular complexity index is 603. The van der Waals surface area contributed by atoms with E-state index in [1.165, 1.54) is 28.7 Å². The van der Waals surface area contributed by atoms with E-state index in [0.717, 1.165) is 31.6 Å². The van der Waals surface area contributed by atoms with Gasteiger partial charge in [0.1, 0.15) is 0 Å². The molecule has 0 saturated carbocycles. The van der Waals surface area contributed by atoms with Gasteiger partial charge in [0.15, 0.2) is 0 Å². The van der Waals surface area contributed by atoms with Crippen molar-refractivity contribution in [3.05, 3.63) is 70.8 Å². The van der Waals surface area contributed by atoms with E-state index < -0.39 is 0 Å². The van der Waals surface area contributed by atoms with Crippen molar-refractivity contribution in [2.45, 2.75) is 52.9 Å². The Balaban J connectivity index is 2.11. The molecule has 0 bridgehead atoms. The third-order valence-electron chi connectivity index (χ3n) is 5.30. The van der Waals surface area contributed by atoms with E-state index >= 15 is 0 Å². The van der Waals surface area contributed by atoms with Crippen molar-refractivity contribution in [3.63, 3.8) is 0 Å². The molecule has 0 aliphatic heterocycles. The number of benzene rings is 2.